The van der Waals surface area contributed by atoms with Gasteiger partial charge >= 0.3 is 11.7 Å². The van der Waals surface area contributed by atoms with Crippen molar-refractivity contribution in [2.75, 3.05) is 19.7 Å². The van der Waals surface area contributed by atoms with E-state index in [1.807, 2.05) is 19.1 Å². The van der Waals surface area contributed by atoms with Crippen LogP contribution in [-0.4, -0.2) is 50.8 Å². The third-order valence-electron chi connectivity index (χ3n) is 6.16. The van der Waals surface area contributed by atoms with Crippen LogP contribution in [-0.2, 0) is 16.1 Å². The van der Waals surface area contributed by atoms with E-state index in [4.69, 9.17) is 16.3 Å². The number of halogens is 1. The van der Waals surface area contributed by atoms with Crippen LogP contribution in [0.3, 0.4) is 0 Å². The monoisotopic (exact) mass is 510 g/mol. The zero-order valence-electron chi connectivity index (χ0n) is 20.1. The zero-order chi connectivity index (χ0) is 25.8. The summed E-state index contributed by atoms with van der Waals surface area (Å²) in [5.74, 6) is -1.48. The summed E-state index contributed by atoms with van der Waals surface area (Å²) in [5, 5.41) is 4.60. The van der Waals surface area contributed by atoms with Gasteiger partial charge in [0.2, 0.25) is 5.69 Å². The maximum Gasteiger partial charge on any atom is 0.352 e. The first-order valence-corrected chi connectivity index (χ1v) is 12.2. The summed E-state index contributed by atoms with van der Waals surface area (Å²) in [6, 6.07) is 13.9. The maximum atomic E-state index is 13.5. The van der Waals surface area contributed by atoms with Gasteiger partial charge in [0.15, 0.2) is 0 Å². The Balaban J connectivity index is 1.79. The summed E-state index contributed by atoms with van der Waals surface area (Å²) in [5.41, 5.74) is 0.0434. The minimum atomic E-state index is -0.813. The molecule has 1 unspecified atom stereocenters. The van der Waals surface area contributed by atoms with E-state index in [1.54, 1.807) is 43.3 Å². The van der Waals surface area contributed by atoms with Crippen molar-refractivity contribution in [1.29, 1.82) is 0 Å². The zero-order valence-corrected chi connectivity index (χ0v) is 20.9. The lowest BCUT2D eigenvalue weighted by Gasteiger charge is -2.31. The van der Waals surface area contributed by atoms with Gasteiger partial charge < -0.3 is 9.64 Å². The predicted molar refractivity (Wildman–Crippen MR) is 135 cm³/mol. The number of carbonyl (C=O) groups excluding carboxylic acids is 2. The van der Waals surface area contributed by atoms with Crippen molar-refractivity contribution in [2.45, 2.75) is 33.2 Å². The molecule has 10 heteroatoms. The molecule has 0 aliphatic carbocycles. The molecule has 2 heterocycles. The Morgan fingerprint density at radius 2 is 1.83 bits per heavy atom. The molecular formula is C26H27ClN4O5. The number of amides is 1. The number of piperidine rings is 1. The number of benzene rings is 2. The van der Waals surface area contributed by atoms with Crippen molar-refractivity contribution in [3.8, 4) is 5.69 Å². The molecule has 1 aliphatic rings. The number of hydrogen-bond acceptors (Lipinski definition) is 6. The first-order valence-electron chi connectivity index (χ1n) is 11.8. The Morgan fingerprint density at radius 3 is 2.53 bits per heavy atom. The number of carbonyl (C=O) groups is 2. The molecule has 1 atom stereocenters. The topological polar surface area (TPSA) is 104 Å². The number of aryl methyl sites for hydroxylation is 1. The van der Waals surface area contributed by atoms with Gasteiger partial charge in [-0.05, 0) is 50.5 Å². The van der Waals surface area contributed by atoms with Gasteiger partial charge in [-0.3, -0.25) is 19.0 Å². The van der Waals surface area contributed by atoms with Gasteiger partial charge in [0.1, 0.15) is 0 Å². The summed E-state index contributed by atoms with van der Waals surface area (Å²) < 4.78 is 7.14. The second kappa shape index (κ2) is 10.9. The lowest BCUT2D eigenvalue weighted by molar-refractivity contribution is -0.149. The average Bonchev–Trinajstić information content (AvgIpc) is 2.88. The summed E-state index contributed by atoms with van der Waals surface area (Å²) in [6.07, 6.45) is 1.18. The smallest absolute Gasteiger partial charge is 0.352 e. The van der Waals surface area contributed by atoms with E-state index in [1.165, 1.54) is 4.90 Å². The number of rotatable bonds is 6. The van der Waals surface area contributed by atoms with E-state index < -0.39 is 28.8 Å². The maximum absolute atomic E-state index is 13.5. The van der Waals surface area contributed by atoms with Crippen molar-refractivity contribution in [2.24, 2.45) is 5.92 Å². The third-order valence-corrected chi connectivity index (χ3v) is 6.52. The first kappa shape index (κ1) is 25.4. The molecular weight excluding hydrogens is 484 g/mol. The molecule has 0 spiro atoms. The highest BCUT2D eigenvalue weighted by Crippen LogP contribution is 2.19. The van der Waals surface area contributed by atoms with E-state index >= 15 is 0 Å². The van der Waals surface area contributed by atoms with Gasteiger partial charge in [-0.15, -0.1) is 0 Å². The Bertz CT molecular complexity index is 1400. The predicted octanol–water partition coefficient (Wildman–Crippen LogP) is 2.82. The summed E-state index contributed by atoms with van der Waals surface area (Å²) in [7, 11) is 0. The Labute approximate surface area is 212 Å². The van der Waals surface area contributed by atoms with Crippen molar-refractivity contribution >= 4 is 23.5 Å². The van der Waals surface area contributed by atoms with Crippen LogP contribution in [0.25, 0.3) is 5.69 Å². The van der Waals surface area contributed by atoms with E-state index in [-0.39, 0.29) is 25.7 Å². The van der Waals surface area contributed by atoms with Gasteiger partial charge in [-0.25, -0.2) is 4.79 Å². The highest BCUT2D eigenvalue weighted by molar-refractivity contribution is 6.31. The molecule has 3 aromatic rings. The highest BCUT2D eigenvalue weighted by atomic mass is 35.5. The van der Waals surface area contributed by atoms with Gasteiger partial charge in [0.05, 0.1) is 24.8 Å². The molecule has 2 aromatic carbocycles. The quantitative estimate of drug-likeness (QED) is 0.472. The highest BCUT2D eigenvalue weighted by Gasteiger charge is 2.32. The summed E-state index contributed by atoms with van der Waals surface area (Å²) in [4.78, 5) is 54.1. The average molecular weight is 511 g/mol. The lowest BCUT2D eigenvalue weighted by atomic mass is 9.98. The molecule has 1 fully saturated rings. The van der Waals surface area contributed by atoms with E-state index in [0.29, 0.717) is 35.7 Å². The molecule has 1 amide bonds. The number of ether oxygens (including phenoxy) is 1. The molecule has 0 bridgehead atoms. The number of hydrogen-bond donors (Lipinski definition) is 0. The van der Waals surface area contributed by atoms with Gasteiger partial charge in [0.25, 0.3) is 11.5 Å². The molecule has 36 heavy (non-hydrogen) atoms. The Kier molecular flexibility index (Phi) is 7.69. The summed E-state index contributed by atoms with van der Waals surface area (Å²) >= 11 is 6.29. The molecule has 0 radical (unpaired) electrons. The van der Waals surface area contributed by atoms with Crippen molar-refractivity contribution in [1.82, 2.24) is 19.2 Å². The molecule has 0 N–H and O–H groups in total. The number of aromatic nitrogens is 3. The van der Waals surface area contributed by atoms with Gasteiger partial charge in [-0.1, -0.05) is 47.5 Å². The van der Waals surface area contributed by atoms with Crippen LogP contribution in [0.15, 0.2) is 58.1 Å². The third kappa shape index (κ3) is 5.26. The van der Waals surface area contributed by atoms with Gasteiger partial charge in [-0.2, -0.15) is 9.78 Å². The molecule has 1 aromatic heterocycles. The molecule has 9 nitrogen and oxygen atoms in total. The van der Waals surface area contributed by atoms with E-state index in [0.717, 1.165) is 14.8 Å². The summed E-state index contributed by atoms with van der Waals surface area (Å²) in [6.45, 7) is 4.24. The first-order chi connectivity index (χ1) is 17.3. The minimum Gasteiger partial charge on any atom is -0.466 e. The lowest BCUT2D eigenvalue weighted by Crippen LogP contribution is -2.49. The molecule has 0 saturated carbocycles. The second-order valence-corrected chi connectivity index (χ2v) is 9.11. The SMILES string of the molecule is CCOC(=O)C1CCCN(C(=O)c2nn(-c3ccc(C)cc3)c(=O)n(Cc3ccccc3Cl)c2=O)C1. The number of nitrogens with zero attached hydrogens (tertiary/aromatic N) is 4. The number of esters is 1. The standard InChI is InChI=1S/C26H27ClN4O5/c1-3-36-25(34)19-8-6-14-29(15-19)23(32)22-24(33)30(16-18-7-4-5-9-21(18)27)26(35)31(28-22)20-12-10-17(2)11-13-20/h4-5,7,9-13,19H,3,6,8,14-16H2,1-2H3. The van der Waals surface area contributed by atoms with Crippen molar-refractivity contribution in [3.63, 3.8) is 0 Å². The van der Waals surface area contributed by atoms with Gasteiger partial charge in [0, 0.05) is 18.1 Å². The van der Waals surface area contributed by atoms with Crippen LogP contribution >= 0.6 is 11.6 Å². The normalized spacial score (nSPS) is 15.5. The van der Waals surface area contributed by atoms with Crippen LogP contribution in [0.4, 0.5) is 0 Å². The van der Waals surface area contributed by atoms with Crippen LogP contribution < -0.4 is 11.2 Å². The fourth-order valence-corrected chi connectivity index (χ4v) is 4.40. The van der Waals surface area contributed by atoms with Crippen LogP contribution in [0.5, 0.6) is 0 Å². The largest absolute Gasteiger partial charge is 0.466 e. The Morgan fingerprint density at radius 1 is 1.11 bits per heavy atom. The van der Waals surface area contributed by atoms with Crippen molar-refractivity contribution < 1.29 is 14.3 Å². The van der Waals surface area contributed by atoms with Crippen molar-refractivity contribution in [3.05, 3.63) is 91.2 Å². The minimum absolute atomic E-state index is 0.118. The van der Waals surface area contributed by atoms with E-state index in [9.17, 15) is 19.2 Å². The van der Waals surface area contributed by atoms with Crippen LogP contribution in [0.2, 0.25) is 5.02 Å². The molecule has 1 aliphatic heterocycles. The fraction of sp³-hybridized carbons (Fsp3) is 0.346. The Hall–Kier alpha value is -3.72. The molecule has 4 rings (SSSR count). The van der Waals surface area contributed by atoms with E-state index in [2.05, 4.69) is 5.10 Å². The van der Waals surface area contributed by atoms with Crippen LogP contribution in [0.1, 0.15) is 41.4 Å². The molecule has 188 valence electrons. The molecule has 1 saturated heterocycles. The second-order valence-electron chi connectivity index (χ2n) is 8.70. The van der Waals surface area contributed by atoms with Crippen LogP contribution in [0, 0.1) is 12.8 Å². The number of likely N-dealkylation sites (tertiary alicyclic amines) is 1. The fourth-order valence-electron chi connectivity index (χ4n) is 4.20.